The number of hydrogen-bond donors (Lipinski definition) is 12. The van der Waals surface area contributed by atoms with Crippen molar-refractivity contribution in [2.75, 3.05) is 50.0 Å². The van der Waals surface area contributed by atoms with Crippen LogP contribution in [0.2, 0.25) is 0 Å². The lowest BCUT2D eigenvalue weighted by Crippen LogP contribution is -2.65. The van der Waals surface area contributed by atoms with Gasteiger partial charge in [-0.15, -0.1) is 13.2 Å². The highest BCUT2D eigenvalue weighted by atomic mass is 32.2. The third-order valence-electron chi connectivity index (χ3n) is 34.0. The molecule has 36 nitrogen and oxygen atoms in total. The molecule has 0 aromatic carbocycles. The van der Waals surface area contributed by atoms with Crippen molar-refractivity contribution in [1.82, 2.24) is 78.5 Å². The van der Waals surface area contributed by atoms with Gasteiger partial charge in [0.05, 0.1) is 66.7 Å². The zero-order valence-electron chi connectivity index (χ0n) is 91.6. The second-order valence-electron chi connectivity index (χ2n) is 51.5. The fourth-order valence-corrected chi connectivity index (χ4v) is 29.4. The van der Waals surface area contributed by atoms with Crippen LogP contribution in [-0.4, -0.2) is 270 Å². The molecule has 824 valence electrons. The Labute approximate surface area is 868 Å². The van der Waals surface area contributed by atoms with E-state index in [1.54, 1.807) is 41.5 Å². The van der Waals surface area contributed by atoms with Gasteiger partial charge in [0.15, 0.2) is 29.5 Å². The number of rotatable bonds is 39. The van der Waals surface area contributed by atoms with E-state index in [4.69, 9.17) is 0 Å². The minimum atomic E-state index is -3.56. The van der Waals surface area contributed by atoms with Crippen LogP contribution in [0.25, 0.3) is 0 Å². The number of likely N-dealkylation sites (tertiary alicyclic amines) is 3. The van der Waals surface area contributed by atoms with Gasteiger partial charge >= 0.3 is 18.1 Å². The SMILES string of the molecule is C=CCNC(=O)C(=O)[C@H](CCC1CC1)NC(=O)[C@@H]1[C@@H]2C(CN1C(=O)[C@@H](NC(=O)NC1(CS(=O)(=O)C(C)(C)C)CCCCC1)C(C)(C)C)C2(C)C.C=CCNC(=O)C(=O)[C@H](CCCC)NC(=O)[C@@H]1[C@@H]2C(CN1C(=O)[C@@H](NC(=O)NC1([C@@H]3CCCS3(=O)=O)CCCCC1)C(C)(C)C)C2(C)C.CCC[C@H](NC(=O)[C@@H]1[C@@H]2C(CN1C(=O)[C@@H](NC(=O)NC1(CS(=O)(=O)C(C)(C)C)CCCCC1)C(C)(C)C)C2(C)C)C(=O)C(=O)NC1CC1. The molecular weight excluding hydrogens is 1930 g/mol. The summed E-state index contributed by atoms with van der Waals surface area (Å²) in [5.74, 6) is -7.15. The summed E-state index contributed by atoms with van der Waals surface area (Å²) in [6, 6.07) is -10.6. The lowest BCUT2D eigenvalue weighted by molar-refractivity contribution is -0.145. The molecule has 0 spiro atoms. The number of sulfone groups is 3. The number of nitrogens with one attached hydrogen (secondary N) is 12. The molecule has 16 atom stereocenters. The topological polar surface area (TPSA) is 513 Å². The highest BCUT2D eigenvalue weighted by molar-refractivity contribution is 7.93. The van der Waals surface area contributed by atoms with Crippen LogP contribution < -0.4 is 63.8 Å². The fraction of sp³-hybridized carbons (Fsp3) is 0.822. The molecule has 15 amide bonds. The molecule has 3 unspecified atom stereocenters. The van der Waals surface area contributed by atoms with E-state index >= 15 is 0 Å². The summed E-state index contributed by atoms with van der Waals surface area (Å²) in [7, 11) is -10.5. The zero-order chi connectivity index (χ0) is 109. The fourth-order valence-electron chi connectivity index (χ4n) is 24.0. The summed E-state index contributed by atoms with van der Waals surface area (Å²) in [5.41, 5.74) is -5.66. The largest absolute Gasteiger partial charge is 0.347 e. The van der Waals surface area contributed by atoms with Gasteiger partial charge in [0.1, 0.15) is 36.3 Å². The van der Waals surface area contributed by atoms with Gasteiger partial charge in [-0.1, -0.05) is 220 Å². The van der Waals surface area contributed by atoms with E-state index in [1.807, 2.05) is 76.2 Å². The normalized spacial score (nSPS) is 26.4. The summed E-state index contributed by atoms with van der Waals surface area (Å²) in [5, 5.41) is 33.3. The van der Waals surface area contributed by atoms with Crippen molar-refractivity contribution in [2.24, 2.45) is 73.9 Å². The third kappa shape index (κ3) is 28.0. The average molecular weight is 2110 g/mol. The molecule has 4 aliphatic heterocycles. The van der Waals surface area contributed by atoms with E-state index in [1.165, 1.54) is 26.9 Å². The molecular formula is C107H177N15O21S3. The lowest BCUT2D eigenvalue weighted by atomic mass is 9.78. The molecule has 12 N–H and O–H groups in total. The molecule has 0 aromatic heterocycles. The molecule has 12 aliphatic rings. The summed E-state index contributed by atoms with van der Waals surface area (Å²) in [4.78, 5) is 209. The van der Waals surface area contributed by atoms with Crippen molar-refractivity contribution >= 4 is 118 Å². The maximum atomic E-state index is 14.5. The second-order valence-corrected chi connectivity index (χ2v) is 59.3. The van der Waals surface area contributed by atoms with Crippen LogP contribution in [0.5, 0.6) is 0 Å². The summed E-state index contributed by atoms with van der Waals surface area (Å²) >= 11 is 0. The molecule has 4 saturated heterocycles. The van der Waals surface area contributed by atoms with E-state index in [0.717, 1.165) is 89.9 Å². The first kappa shape index (κ1) is 119. The monoisotopic (exact) mass is 2100 g/mol. The summed E-state index contributed by atoms with van der Waals surface area (Å²) in [6.45, 7) is 51.0. The Morgan fingerprint density at radius 2 is 0.733 bits per heavy atom. The first-order valence-corrected chi connectivity index (χ1v) is 59.0. The van der Waals surface area contributed by atoms with Gasteiger partial charge in [-0.2, -0.15) is 0 Å². The van der Waals surface area contributed by atoms with E-state index in [-0.39, 0.29) is 94.6 Å². The Morgan fingerprint density at radius 1 is 0.404 bits per heavy atom. The number of Topliss-reactive ketones (excluding diaryl/α,β-unsaturated/α-hetero) is 3. The van der Waals surface area contributed by atoms with Crippen LogP contribution in [0, 0.1) is 73.9 Å². The average Bonchev–Trinajstić information content (AvgIpc) is 1.53. The number of hydrogen-bond acceptors (Lipinski definition) is 21. The van der Waals surface area contributed by atoms with Gasteiger partial charge < -0.3 is 78.5 Å². The standard InChI is InChI=1S/C37H61N5O7S.C35H59N5O7S.C35H57N5O7S/c1-10-20-38-31(45)28(43)25(17-16-23-14-15-23)39-30(44)27-26-24(36(26,8)9)21-42(27)32(46)29(34(2,3)4)40-33(47)41-37(18-12-11-13-19-37)22-50(48,49)35(5,6)7;1-10-14-23(26(41)29(43)36-21-15-16-21)37-28(42)25-24-22(34(24,8)9)19-40(25)30(44)27(32(2,3)4)38-31(45)39-35(17-12-11-13-18-35)20-48(46,47)33(5,6)7;1-8-10-15-23(27(41)30(43)36-19-9-2)37-29(42)26-25-22(34(25,6)7)21-40(26)31(44)28(33(3,4)5)38-32(45)39-35(17-12-11-13-18-35)24-16-14-20-48(24,46)47/h10,23-27,29H,1,11-22H2,2-9H3,(H,38,45)(H,39,44)(H2,40,41,47);21-25,27H,10-20H2,1-9H3,(H,36,43)(H,37,42)(H2,38,39,45);9,22-26,28H,2,8,10-21H2,1,3-7H3,(H,36,43)(H,37,42)(H2,38,39,45)/t24?,25-,26-,27-,29+;22?,23-,24-,25-,27+;22?,23-,24-,25-,26-,28+/m000/s1. The first-order chi connectivity index (χ1) is 67.5. The number of amides is 15. The minimum absolute atomic E-state index is 0.00492. The first-order valence-electron chi connectivity index (χ1n) is 54.0. The van der Waals surface area contributed by atoms with Crippen molar-refractivity contribution in [2.45, 2.75) is 431 Å². The van der Waals surface area contributed by atoms with Crippen molar-refractivity contribution in [3.05, 3.63) is 25.3 Å². The molecule has 4 heterocycles. The maximum absolute atomic E-state index is 14.5. The number of unbranched alkanes of at least 4 members (excludes halogenated alkanes) is 1. The number of carbonyl (C=O) groups is 15. The predicted molar refractivity (Wildman–Crippen MR) is 560 cm³/mol. The van der Waals surface area contributed by atoms with E-state index in [2.05, 4.69) is 119 Å². The molecule has 12 fully saturated rings. The van der Waals surface area contributed by atoms with Crippen LogP contribution in [-0.2, 0) is 87.0 Å². The Balaban J connectivity index is 0.000000224. The number of carbonyl (C=O) groups excluding carboxylic acids is 15. The van der Waals surface area contributed by atoms with Crippen LogP contribution >= 0.6 is 0 Å². The Bertz CT molecular complexity index is 5230. The molecule has 0 bridgehead atoms. The van der Waals surface area contributed by atoms with E-state index < -0.39 is 220 Å². The van der Waals surface area contributed by atoms with Crippen molar-refractivity contribution in [3.8, 4) is 0 Å². The van der Waals surface area contributed by atoms with Gasteiger partial charge in [-0.05, 0) is 205 Å². The summed E-state index contributed by atoms with van der Waals surface area (Å²) in [6.07, 6.45) is 22.2. The molecule has 146 heavy (non-hydrogen) atoms. The Kier molecular flexibility index (Phi) is 37.5. The molecule has 8 aliphatic carbocycles. The molecule has 39 heteroatoms. The maximum Gasteiger partial charge on any atom is 0.315 e. The number of fused-ring (bicyclic) bond motifs is 3. The van der Waals surface area contributed by atoms with Crippen LogP contribution in [0.15, 0.2) is 25.3 Å². The summed E-state index contributed by atoms with van der Waals surface area (Å²) < 4.78 is 77.3. The molecule has 12 rings (SSSR count). The highest BCUT2D eigenvalue weighted by Gasteiger charge is 2.73. The Hall–Kier alpha value is -8.62. The number of ketones is 3. The lowest BCUT2D eigenvalue weighted by Gasteiger charge is -2.43. The van der Waals surface area contributed by atoms with E-state index in [0.29, 0.717) is 109 Å². The van der Waals surface area contributed by atoms with Crippen molar-refractivity contribution in [1.29, 1.82) is 0 Å². The Morgan fingerprint density at radius 3 is 1.03 bits per heavy atom. The minimum Gasteiger partial charge on any atom is -0.347 e. The van der Waals surface area contributed by atoms with Gasteiger partial charge in [0, 0.05) is 38.8 Å². The van der Waals surface area contributed by atoms with Crippen LogP contribution in [0.3, 0.4) is 0 Å². The van der Waals surface area contributed by atoms with E-state index in [9.17, 15) is 97.2 Å². The predicted octanol–water partition coefficient (Wildman–Crippen LogP) is 9.89. The molecule has 0 aromatic rings. The zero-order valence-corrected chi connectivity index (χ0v) is 94.0. The molecule has 8 saturated carbocycles. The number of urea groups is 3. The van der Waals surface area contributed by atoms with Gasteiger partial charge in [0.25, 0.3) is 17.7 Å². The second kappa shape index (κ2) is 45.9. The van der Waals surface area contributed by atoms with Crippen LogP contribution in [0.1, 0.15) is 339 Å². The number of nitrogens with zero attached hydrogens (tertiary/aromatic N) is 3. The highest BCUT2D eigenvalue weighted by Crippen LogP contribution is 2.67. The van der Waals surface area contributed by atoms with Gasteiger partial charge in [0.2, 0.25) is 52.8 Å². The van der Waals surface area contributed by atoms with Crippen LogP contribution in [0.4, 0.5) is 14.4 Å². The quantitative estimate of drug-likeness (QED) is 0.0201. The molecule has 0 radical (unpaired) electrons. The third-order valence-corrected chi connectivity index (χ3v) is 42.0. The van der Waals surface area contributed by atoms with Crippen molar-refractivity contribution < 1.29 is 97.2 Å². The van der Waals surface area contributed by atoms with Crippen molar-refractivity contribution in [3.63, 3.8) is 0 Å². The number of piperidine rings is 3. The van der Waals surface area contributed by atoms with Gasteiger partial charge in [-0.25, -0.2) is 39.6 Å². The van der Waals surface area contributed by atoms with Gasteiger partial charge in [-0.3, -0.25) is 57.5 Å². The smallest absolute Gasteiger partial charge is 0.315 e.